The summed E-state index contributed by atoms with van der Waals surface area (Å²) in [5.74, 6) is 1.91. The molecule has 148 valence electrons. The quantitative estimate of drug-likeness (QED) is 0.539. The molecule has 1 heterocycles. The molecule has 0 bridgehead atoms. The van der Waals surface area contributed by atoms with E-state index in [0.717, 1.165) is 35.0 Å². The lowest BCUT2D eigenvalue weighted by Crippen LogP contribution is -2.19. The summed E-state index contributed by atoms with van der Waals surface area (Å²) in [5.41, 5.74) is 4.37. The van der Waals surface area contributed by atoms with Crippen molar-refractivity contribution < 1.29 is 9.47 Å². The number of methoxy groups -OCH3 is 2. The highest BCUT2D eigenvalue weighted by Gasteiger charge is 2.41. The molecule has 0 saturated heterocycles. The monoisotopic (exact) mass is 397 g/mol. The highest BCUT2D eigenvalue weighted by molar-refractivity contribution is 6.33. The van der Waals surface area contributed by atoms with E-state index in [1.165, 1.54) is 43.2 Å². The van der Waals surface area contributed by atoms with Crippen LogP contribution in [0.25, 0.3) is 0 Å². The van der Waals surface area contributed by atoms with Crippen molar-refractivity contribution in [2.45, 2.75) is 51.0 Å². The van der Waals surface area contributed by atoms with E-state index >= 15 is 0 Å². The van der Waals surface area contributed by atoms with Crippen molar-refractivity contribution in [2.24, 2.45) is 10.4 Å². The summed E-state index contributed by atoms with van der Waals surface area (Å²) in [6.45, 7) is 0. The first-order valence-electron chi connectivity index (χ1n) is 10.1. The molecule has 2 aliphatic carbocycles. The standard InChI is InChI=1S/C24H28ClNO2/c1-27-19-7-5-17(6-8-19)16-24(11-12-24)10-3-4-18-14-22-20(15-23(18)28-2)21(25)9-13-26-22/h5-9,13,15,22H,3-4,10-12,14,16H2,1-2H3. The predicted molar refractivity (Wildman–Crippen MR) is 115 cm³/mol. The summed E-state index contributed by atoms with van der Waals surface area (Å²) in [7, 11) is 3.47. The molecule has 1 saturated carbocycles. The maximum atomic E-state index is 6.34. The van der Waals surface area contributed by atoms with Crippen LogP contribution in [-0.4, -0.2) is 26.5 Å². The first kappa shape index (κ1) is 19.3. The van der Waals surface area contributed by atoms with Gasteiger partial charge in [0.15, 0.2) is 0 Å². The van der Waals surface area contributed by atoms with Gasteiger partial charge in [-0.3, -0.25) is 4.99 Å². The number of fused-ring (bicyclic) bond motifs is 1. The Labute approximate surface area is 172 Å². The van der Waals surface area contributed by atoms with Crippen LogP contribution in [0.2, 0.25) is 0 Å². The second-order valence-corrected chi connectivity index (χ2v) is 8.59. The average molecular weight is 398 g/mol. The Kier molecular flexibility index (Phi) is 5.63. The number of nitrogens with zero attached hydrogens (tertiary/aromatic N) is 1. The zero-order chi connectivity index (χ0) is 19.6. The molecule has 0 radical (unpaired) electrons. The van der Waals surface area contributed by atoms with Crippen molar-refractivity contribution in [1.82, 2.24) is 0 Å². The van der Waals surface area contributed by atoms with Crippen molar-refractivity contribution >= 4 is 17.8 Å². The van der Waals surface area contributed by atoms with Crippen molar-refractivity contribution in [3.63, 3.8) is 0 Å². The molecule has 28 heavy (non-hydrogen) atoms. The van der Waals surface area contributed by atoms with Gasteiger partial charge in [0.2, 0.25) is 0 Å². The van der Waals surface area contributed by atoms with E-state index in [1.54, 1.807) is 14.2 Å². The lowest BCUT2D eigenvalue weighted by atomic mass is 9.86. The number of halogens is 1. The third-order valence-electron chi connectivity index (χ3n) is 6.30. The van der Waals surface area contributed by atoms with E-state index in [2.05, 4.69) is 35.3 Å². The van der Waals surface area contributed by atoms with E-state index < -0.39 is 0 Å². The zero-order valence-electron chi connectivity index (χ0n) is 16.7. The molecule has 0 N–H and O–H groups in total. The van der Waals surface area contributed by atoms with Crippen LogP contribution in [0.3, 0.4) is 0 Å². The Hall–Kier alpha value is -2.00. The minimum Gasteiger partial charge on any atom is -0.497 e. The maximum absolute atomic E-state index is 6.34. The van der Waals surface area contributed by atoms with Crippen LogP contribution >= 0.6 is 11.6 Å². The minimum absolute atomic E-state index is 0.153. The second-order valence-electron chi connectivity index (χ2n) is 8.18. The van der Waals surface area contributed by atoms with Gasteiger partial charge in [-0.15, -0.1) is 0 Å². The number of ether oxygens (including phenoxy) is 2. The fourth-order valence-corrected chi connectivity index (χ4v) is 4.66. The third kappa shape index (κ3) is 4.20. The zero-order valence-corrected chi connectivity index (χ0v) is 17.5. The summed E-state index contributed by atoms with van der Waals surface area (Å²) < 4.78 is 10.9. The van der Waals surface area contributed by atoms with Gasteiger partial charge in [-0.1, -0.05) is 23.7 Å². The largest absolute Gasteiger partial charge is 0.497 e. The summed E-state index contributed by atoms with van der Waals surface area (Å²) >= 11 is 6.34. The fraction of sp³-hybridized carbons (Fsp3) is 0.458. The Bertz CT molecular complexity index is 844. The molecule has 4 heteroatoms. The fourth-order valence-electron chi connectivity index (χ4n) is 4.43. The van der Waals surface area contributed by atoms with Gasteiger partial charge in [-0.2, -0.15) is 0 Å². The molecule has 1 aromatic rings. The summed E-state index contributed by atoms with van der Waals surface area (Å²) in [5, 5.41) is 0.782. The van der Waals surface area contributed by atoms with E-state index in [-0.39, 0.29) is 6.04 Å². The number of dihydropyridines is 1. The van der Waals surface area contributed by atoms with Gasteiger partial charge in [-0.25, -0.2) is 0 Å². The SMILES string of the molecule is COC1=C(CCCC2(Cc3ccc(OC)cc3)CC2)CC2N=CC=C(Cl)C2=C1. The van der Waals surface area contributed by atoms with Crippen molar-refractivity contribution in [3.8, 4) is 5.75 Å². The summed E-state index contributed by atoms with van der Waals surface area (Å²) in [4.78, 5) is 4.61. The maximum Gasteiger partial charge on any atom is 0.118 e. The lowest BCUT2D eigenvalue weighted by Gasteiger charge is -2.27. The van der Waals surface area contributed by atoms with Crippen LogP contribution in [-0.2, 0) is 11.2 Å². The topological polar surface area (TPSA) is 30.8 Å². The molecular weight excluding hydrogens is 370 g/mol. The van der Waals surface area contributed by atoms with Crippen molar-refractivity contribution in [1.29, 1.82) is 0 Å². The van der Waals surface area contributed by atoms with Crippen LogP contribution in [0.15, 0.2) is 63.3 Å². The van der Waals surface area contributed by atoms with Crippen LogP contribution in [0, 0.1) is 5.41 Å². The molecule has 1 aromatic carbocycles. The van der Waals surface area contributed by atoms with Gasteiger partial charge in [0.1, 0.15) is 11.5 Å². The molecule has 1 atom stereocenters. The van der Waals surface area contributed by atoms with Crippen LogP contribution < -0.4 is 4.74 Å². The Morgan fingerprint density at radius 1 is 1.14 bits per heavy atom. The Balaban J connectivity index is 1.36. The highest BCUT2D eigenvalue weighted by atomic mass is 35.5. The molecule has 0 amide bonds. The number of aliphatic imine (C=N–C) groups is 1. The average Bonchev–Trinajstić information content (AvgIpc) is 3.47. The summed E-state index contributed by atoms with van der Waals surface area (Å²) in [6, 6.07) is 8.70. The van der Waals surface area contributed by atoms with Crippen molar-refractivity contribution in [3.05, 3.63) is 63.9 Å². The molecule has 1 aliphatic heterocycles. The number of hydrogen-bond donors (Lipinski definition) is 0. The van der Waals surface area contributed by atoms with E-state index in [0.29, 0.717) is 5.41 Å². The van der Waals surface area contributed by atoms with E-state index in [9.17, 15) is 0 Å². The highest BCUT2D eigenvalue weighted by Crippen LogP contribution is 2.52. The molecule has 4 rings (SSSR count). The van der Waals surface area contributed by atoms with Crippen LogP contribution in [0.1, 0.15) is 44.1 Å². The predicted octanol–water partition coefficient (Wildman–Crippen LogP) is 5.99. The number of rotatable bonds is 8. The number of hydrogen-bond acceptors (Lipinski definition) is 3. The van der Waals surface area contributed by atoms with E-state index in [4.69, 9.17) is 21.1 Å². The second kappa shape index (κ2) is 8.16. The minimum atomic E-state index is 0.153. The number of allylic oxidation sites excluding steroid dienone is 2. The molecule has 0 aromatic heterocycles. The molecular formula is C24H28ClNO2. The third-order valence-corrected chi connectivity index (χ3v) is 6.64. The van der Waals surface area contributed by atoms with E-state index in [1.807, 2.05) is 12.3 Å². The molecule has 0 spiro atoms. The first-order chi connectivity index (χ1) is 13.6. The number of benzene rings is 1. The summed E-state index contributed by atoms with van der Waals surface area (Å²) in [6.07, 6.45) is 14.1. The molecule has 3 aliphatic rings. The molecule has 1 unspecified atom stereocenters. The van der Waals surface area contributed by atoms with Gasteiger partial charge in [-0.05, 0) is 91.4 Å². The Morgan fingerprint density at radius 3 is 2.61 bits per heavy atom. The van der Waals surface area contributed by atoms with Gasteiger partial charge < -0.3 is 9.47 Å². The van der Waals surface area contributed by atoms with Gasteiger partial charge in [0.25, 0.3) is 0 Å². The first-order valence-corrected chi connectivity index (χ1v) is 10.5. The van der Waals surface area contributed by atoms with Crippen molar-refractivity contribution in [2.75, 3.05) is 14.2 Å². The van der Waals surface area contributed by atoms with Gasteiger partial charge >= 0.3 is 0 Å². The lowest BCUT2D eigenvalue weighted by molar-refractivity contribution is 0.294. The molecule has 1 fully saturated rings. The Morgan fingerprint density at radius 2 is 1.93 bits per heavy atom. The molecule has 3 nitrogen and oxygen atoms in total. The van der Waals surface area contributed by atoms with Crippen LogP contribution in [0.5, 0.6) is 5.75 Å². The smallest absolute Gasteiger partial charge is 0.118 e. The normalized spacial score (nSPS) is 22.3. The van der Waals surface area contributed by atoms with Gasteiger partial charge in [0.05, 0.1) is 20.3 Å². The van der Waals surface area contributed by atoms with Crippen LogP contribution in [0.4, 0.5) is 0 Å². The van der Waals surface area contributed by atoms with Gasteiger partial charge in [0, 0.05) is 11.2 Å².